The Hall–Kier alpha value is -4.01. The number of para-hydroxylation sites is 2. The van der Waals surface area contributed by atoms with Crippen molar-refractivity contribution in [3.63, 3.8) is 0 Å². The molecule has 0 bridgehead atoms. The zero-order valence-corrected chi connectivity index (χ0v) is 19.6. The van der Waals surface area contributed by atoms with Gasteiger partial charge in [-0.15, -0.1) is 10.2 Å². The summed E-state index contributed by atoms with van der Waals surface area (Å²) in [5, 5.41) is 20.1. The maximum Gasteiger partial charge on any atom is 0.268 e. The Morgan fingerprint density at radius 2 is 1.91 bits per heavy atom. The number of nitrogens with one attached hydrogen (secondary N) is 1. The van der Waals surface area contributed by atoms with Gasteiger partial charge >= 0.3 is 0 Å². The van der Waals surface area contributed by atoms with Crippen LogP contribution < -0.4 is 10.1 Å². The largest absolute Gasteiger partial charge is 0.492 e. The highest BCUT2D eigenvalue weighted by molar-refractivity contribution is 7.92. The van der Waals surface area contributed by atoms with E-state index in [4.69, 9.17) is 4.74 Å². The molecule has 2 heterocycles. The molecule has 2 aromatic heterocycles. The van der Waals surface area contributed by atoms with Crippen LogP contribution in [-0.4, -0.2) is 42.0 Å². The van der Waals surface area contributed by atoms with Crippen LogP contribution in [-0.2, 0) is 21.2 Å². The number of carbonyl (C=O) groups excluding carboxylic acids is 1. The summed E-state index contributed by atoms with van der Waals surface area (Å²) in [6.07, 6.45) is 4.35. The molecule has 0 unspecified atom stereocenters. The number of nitriles is 1. The van der Waals surface area contributed by atoms with Crippen molar-refractivity contribution in [2.24, 2.45) is 0 Å². The van der Waals surface area contributed by atoms with Gasteiger partial charge in [0.25, 0.3) is 5.91 Å². The Kier molecular flexibility index (Phi) is 6.72. The fraction of sp³-hybridized carbons (Fsp3) is 0.130. The number of hydrogen-bond donors (Lipinski definition) is 1. The highest BCUT2D eigenvalue weighted by atomic mass is 32.2. The second kappa shape index (κ2) is 9.86. The monoisotopic (exact) mass is 493 g/mol. The standard InChI is InChI=1S/C23H19N5O4S2/c1-34(30,31)23-27-26-22(33-23)25-21(29)16(14-24)13-17-15-28(20-10-6-5-9-19(17)20)11-12-32-18-7-3-2-4-8-18/h2-10,13,15H,11-12H2,1H3,(H,25,26,29)/b16-13-. The fourth-order valence-electron chi connectivity index (χ4n) is 3.23. The zero-order valence-electron chi connectivity index (χ0n) is 18.0. The second-order valence-electron chi connectivity index (χ2n) is 7.23. The first-order valence-electron chi connectivity index (χ1n) is 10.1. The van der Waals surface area contributed by atoms with Gasteiger partial charge in [-0.3, -0.25) is 10.1 Å². The highest BCUT2D eigenvalue weighted by Crippen LogP contribution is 2.25. The average molecular weight is 494 g/mol. The fourth-order valence-corrected chi connectivity index (χ4v) is 4.74. The Bertz CT molecular complexity index is 1520. The van der Waals surface area contributed by atoms with Gasteiger partial charge in [0.2, 0.25) is 19.3 Å². The Morgan fingerprint density at radius 3 is 2.62 bits per heavy atom. The predicted octanol–water partition coefficient (Wildman–Crippen LogP) is 3.52. The van der Waals surface area contributed by atoms with Gasteiger partial charge < -0.3 is 9.30 Å². The molecule has 0 spiro atoms. The summed E-state index contributed by atoms with van der Waals surface area (Å²) in [6, 6.07) is 19.1. The maximum atomic E-state index is 12.6. The van der Waals surface area contributed by atoms with Gasteiger partial charge in [0.15, 0.2) is 0 Å². The van der Waals surface area contributed by atoms with Crippen molar-refractivity contribution in [3.8, 4) is 11.8 Å². The average Bonchev–Trinajstić information content (AvgIpc) is 3.43. The van der Waals surface area contributed by atoms with Crippen LogP contribution in [0.15, 0.2) is 70.7 Å². The number of rotatable bonds is 8. The third-order valence-corrected chi connectivity index (χ3v) is 7.28. The number of carbonyl (C=O) groups is 1. The molecule has 0 atom stereocenters. The number of nitrogens with zero attached hydrogens (tertiary/aromatic N) is 4. The first kappa shape index (κ1) is 23.2. The van der Waals surface area contributed by atoms with Gasteiger partial charge in [-0.05, 0) is 24.3 Å². The van der Waals surface area contributed by atoms with Crippen LogP contribution in [0.2, 0.25) is 0 Å². The molecule has 9 nitrogen and oxygen atoms in total. The topological polar surface area (TPSA) is 127 Å². The number of fused-ring (bicyclic) bond motifs is 1. The number of benzene rings is 2. The minimum atomic E-state index is -3.54. The molecule has 0 saturated carbocycles. The molecule has 2 aromatic carbocycles. The van der Waals surface area contributed by atoms with Crippen molar-refractivity contribution < 1.29 is 17.9 Å². The maximum absolute atomic E-state index is 12.6. The van der Waals surface area contributed by atoms with E-state index in [1.54, 1.807) is 0 Å². The van der Waals surface area contributed by atoms with Crippen molar-refractivity contribution in [3.05, 3.63) is 71.9 Å². The zero-order chi connectivity index (χ0) is 24.1. The van der Waals surface area contributed by atoms with Crippen LogP contribution in [0.3, 0.4) is 0 Å². The van der Waals surface area contributed by atoms with Crippen LogP contribution in [0.4, 0.5) is 5.13 Å². The Labute approximate surface area is 199 Å². The van der Waals surface area contributed by atoms with Gasteiger partial charge in [-0.1, -0.05) is 47.7 Å². The van der Waals surface area contributed by atoms with E-state index in [1.807, 2.05) is 71.4 Å². The molecule has 1 amide bonds. The van der Waals surface area contributed by atoms with Crippen LogP contribution in [0.5, 0.6) is 5.75 Å². The van der Waals surface area contributed by atoms with Gasteiger partial charge in [-0.25, -0.2) is 8.42 Å². The normalized spacial score (nSPS) is 11.8. The molecular weight excluding hydrogens is 474 g/mol. The van der Waals surface area contributed by atoms with Gasteiger partial charge in [0.1, 0.15) is 24.0 Å². The van der Waals surface area contributed by atoms with E-state index in [1.165, 1.54) is 6.08 Å². The summed E-state index contributed by atoms with van der Waals surface area (Å²) in [7, 11) is -3.54. The SMILES string of the molecule is CS(=O)(=O)c1nnc(NC(=O)/C(C#N)=C\c2cn(CCOc3ccccc3)c3ccccc23)s1. The lowest BCUT2D eigenvalue weighted by atomic mass is 10.1. The van der Waals surface area contributed by atoms with E-state index in [0.29, 0.717) is 18.7 Å². The molecule has 0 saturated heterocycles. The molecule has 0 fully saturated rings. The van der Waals surface area contributed by atoms with E-state index in [9.17, 15) is 18.5 Å². The van der Waals surface area contributed by atoms with Crippen LogP contribution in [0, 0.1) is 11.3 Å². The number of sulfone groups is 1. The van der Waals surface area contributed by atoms with E-state index in [-0.39, 0.29) is 15.0 Å². The van der Waals surface area contributed by atoms with Crippen molar-refractivity contribution in [1.29, 1.82) is 5.26 Å². The van der Waals surface area contributed by atoms with Gasteiger partial charge in [0, 0.05) is 28.9 Å². The minimum absolute atomic E-state index is 0.00735. The van der Waals surface area contributed by atoms with Crippen molar-refractivity contribution >= 4 is 49.2 Å². The third kappa shape index (κ3) is 5.31. The smallest absolute Gasteiger partial charge is 0.268 e. The number of ether oxygens (including phenoxy) is 1. The first-order chi connectivity index (χ1) is 16.3. The summed E-state index contributed by atoms with van der Waals surface area (Å²) in [5.74, 6) is 0.0705. The lowest BCUT2D eigenvalue weighted by Gasteiger charge is -2.08. The minimum Gasteiger partial charge on any atom is -0.492 e. The number of anilines is 1. The predicted molar refractivity (Wildman–Crippen MR) is 129 cm³/mol. The number of aromatic nitrogens is 3. The summed E-state index contributed by atoms with van der Waals surface area (Å²) in [6.45, 7) is 1.01. The quantitative estimate of drug-likeness (QED) is 0.226. The molecular formula is C23H19N5O4S2. The van der Waals surface area contributed by atoms with Crippen molar-refractivity contribution in [2.75, 3.05) is 18.2 Å². The lowest BCUT2D eigenvalue weighted by Crippen LogP contribution is -2.13. The summed E-state index contributed by atoms with van der Waals surface area (Å²) < 4.78 is 30.7. The Balaban J connectivity index is 1.55. The van der Waals surface area contributed by atoms with E-state index in [2.05, 4.69) is 15.5 Å². The van der Waals surface area contributed by atoms with E-state index < -0.39 is 15.7 Å². The molecule has 172 valence electrons. The summed E-state index contributed by atoms with van der Waals surface area (Å²) >= 11 is 0.719. The lowest BCUT2D eigenvalue weighted by molar-refractivity contribution is -0.112. The number of amides is 1. The Morgan fingerprint density at radius 1 is 1.18 bits per heavy atom. The molecule has 1 N–H and O–H groups in total. The highest BCUT2D eigenvalue weighted by Gasteiger charge is 2.18. The van der Waals surface area contributed by atoms with Crippen LogP contribution >= 0.6 is 11.3 Å². The molecule has 0 radical (unpaired) electrons. The van der Waals surface area contributed by atoms with Gasteiger partial charge in [-0.2, -0.15) is 5.26 Å². The summed E-state index contributed by atoms with van der Waals surface area (Å²) in [5.41, 5.74) is 1.47. The van der Waals surface area contributed by atoms with Gasteiger partial charge in [0.05, 0.1) is 6.54 Å². The first-order valence-corrected chi connectivity index (χ1v) is 12.8. The van der Waals surface area contributed by atoms with Crippen molar-refractivity contribution in [1.82, 2.24) is 14.8 Å². The van der Waals surface area contributed by atoms with Crippen molar-refractivity contribution in [2.45, 2.75) is 10.9 Å². The molecule has 34 heavy (non-hydrogen) atoms. The summed E-state index contributed by atoms with van der Waals surface area (Å²) in [4.78, 5) is 12.6. The molecule has 0 aliphatic rings. The van der Waals surface area contributed by atoms with Crippen LogP contribution in [0.25, 0.3) is 17.0 Å². The molecule has 0 aliphatic carbocycles. The molecule has 0 aliphatic heterocycles. The number of hydrogen-bond acceptors (Lipinski definition) is 8. The molecule has 11 heteroatoms. The van der Waals surface area contributed by atoms with E-state index in [0.717, 1.165) is 34.2 Å². The second-order valence-corrected chi connectivity index (χ2v) is 10.4. The van der Waals surface area contributed by atoms with Crippen LogP contribution in [0.1, 0.15) is 5.56 Å². The molecule has 4 aromatic rings. The van der Waals surface area contributed by atoms with E-state index >= 15 is 0 Å². The third-order valence-electron chi connectivity index (χ3n) is 4.77. The molecule has 4 rings (SSSR count).